The number of hydrogen-bond acceptors (Lipinski definition) is 4. The third-order valence-electron chi connectivity index (χ3n) is 3.69. The lowest BCUT2D eigenvalue weighted by molar-refractivity contribution is -0.114. The van der Waals surface area contributed by atoms with Crippen LogP contribution in [0.2, 0.25) is 0 Å². The third-order valence-corrected chi connectivity index (χ3v) is 5.21. The fourth-order valence-electron chi connectivity index (χ4n) is 2.48. The van der Waals surface area contributed by atoms with Gasteiger partial charge in [-0.25, -0.2) is 8.42 Å². The van der Waals surface area contributed by atoms with E-state index in [2.05, 4.69) is 15.4 Å². The van der Waals surface area contributed by atoms with E-state index in [1.807, 2.05) is 20.8 Å². The Bertz CT molecular complexity index is 991. The van der Waals surface area contributed by atoms with Gasteiger partial charge >= 0.3 is 0 Å². The van der Waals surface area contributed by atoms with E-state index >= 15 is 0 Å². The second kappa shape index (κ2) is 8.02. The second-order valence-corrected chi connectivity index (χ2v) is 9.20. The number of carbonyl (C=O) groups is 2. The predicted octanol–water partition coefficient (Wildman–Crippen LogP) is 3.28. The standard InChI is InChI=1S/C20H25N3O4S/c1-13-6-9-17(21-14(2)24)12-18(13)28(26,27)23-16-10-7-15(8-11-16)19(25)22-20(3,4)5/h6-12,23H,1-5H3,(H,21,24)(H,22,25). The van der Waals surface area contributed by atoms with Gasteiger partial charge in [0.25, 0.3) is 15.9 Å². The van der Waals surface area contributed by atoms with Gasteiger partial charge in [-0.1, -0.05) is 6.07 Å². The van der Waals surface area contributed by atoms with Crippen molar-refractivity contribution in [2.75, 3.05) is 10.0 Å². The van der Waals surface area contributed by atoms with Crippen LogP contribution < -0.4 is 15.4 Å². The molecule has 8 heteroatoms. The minimum absolute atomic E-state index is 0.0632. The minimum Gasteiger partial charge on any atom is -0.347 e. The van der Waals surface area contributed by atoms with Gasteiger partial charge in [0.2, 0.25) is 5.91 Å². The fraction of sp³-hybridized carbons (Fsp3) is 0.300. The number of amides is 2. The molecule has 0 atom stereocenters. The largest absolute Gasteiger partial charge is 0.347 e. The number of benzene rings is 2. The van der Waals surface area contributed by atoms with Crippen LogP contribution in [0.4, 0.5) is 11.4 Å². The summed E-state index contributed by atoms with van der Waals surface area (Å²) >= 11 is 0. The Balaban J connectivity index is 2.23. The Labute approximate surface area is 165 Å². The molecule has 0 aliphatic heterocycles. The van der Waals surface area contributed by atoms with Crippen LogP contribution in [0.5, 0.6) is 0 Å². The van der Waals surface area contributed by atoms with Gasteiger partial charge in [-0.3, -0.25) is 14.3 Å². The van der Waals surface area contributed by atoms with Crippen molar-refractivity contribution in [2.45, 2.75) is 45.1 Å². The molecule has 0 radical (unpaired) electrons. The summed E-state index contributed by atoms with van der Waals surface area (Å²) in [5.74, 6) is -0.523. The van der Waals surface area contributed by atoms with Crippen LogP contribution in [0, 0.1) is 6.92 Å². The zero-order chi connectivity index (χ0) is 21.1. The summed E-state index contributed by atoms with van der Waals surface area (Å²) in [5, 5.41) is 5.42. The zero-order valence-corrected chi connectivity index (χ0v) is 17.4. The highest BCUT2D eigenvalue weighted by molar-refractivity contribution is 7.92. The Hall–Kier alpha value is -2.87. The molecule has 0 unspecified atom stereocenters. The van der Waals surface area contributed by atoms with Gasteiger partial charge in [-0.15, -0.1) is 0 Å². The van der Waals surface area contributed by atoms with Gasteiger partial charge < -0.3 is 10.6 Å². The number of sulfonamides is 1. The third kappa shape index (κ3) is 5.82. The SMILES string of the molecule is CC(=O)Nc1ccc(C)c(S(=O)(=O)Nc2ccc(C(=O)NC(C)(C)C)cc2)c1. The van der Waals surface area contributed by atoms with Gasteiger partial charge in [-0.05, 0) is 69.7 Å². The van der Waals surface area contributed by atoms with E-state index in [-0.39, 0.29) is 22.2 Å². The maximum absolute atomic E-state index is 12.8. The average molecular weight is 404 g/mol. The number of rotatable bonds is 5. The van der Waals surface area contributed by atoms with Crippen LogP contribution in [-0.2, 0) is 14.8 Å². The molecule has 2 rings (SSSR count). The van der Waals surface area contributed by atoms with E-state index in [0.717, 1.165) is 0 Å². The fourth-order valence-corrected chi connectivity index (χ4v) is 3.81. The van der Waals surface area contributed by atoms with E-state index < -0.39 is 10.0 Å². The lowest BCUT2D eigenvalue weighted by Gasteiger charge is -2.20. The van der Waals surface area contributed by atoms with Gasteiger partial charge in [0.1, 0.15) is 0 Å². The maximum Gasteiger partial charge on any atom is 0.262 e. The molecule has 150 valence electrons. The highest BCUT2D eigenvalue weighted by Gasteiger charge is 2.19. The van der Waals surface area contributed by atoms with E-state index in [9.17, 15) is 18.0 Å². The zero-order valence-electron chi connectivity index (χ0n) is 16.6. The molecular weight excluding hydrogens is 378 g/mol. The van der Waals surface area contributed by atoms with E-state index in [4.69, 9.17) is 0 Å². The van der Waals surface area contributed by atoms with Gasteiger partial charge in [-0.2, -0.15) is 0 Å². The summed E-state index contributed by atoms with van der Waals surface area (Å²) in [6, 6.07) is 10.8. The Morgan fingerprint density at radius 1 is 0.929 bits per heavy atom. The first kappa shape index (κ1) is 21.4. The van der Waals surface area contributed by atoms with Crippen LogP contribution in [0.15, 0.2) is 47.4 Å². The summed E-state index contributed by atoms with van der Waals surface area (Å²) < 4.78 is 28.0. The first-order valence-corrected chi connectivity index (χ1v) is 10.2. The van der Waals surface area contributed by atoms with E-state index in [1.165, 1.54) is 25.1 Å². The Morgan fingerprint density at radius 2 is 1.50 bits per heavy atom. The maximum atomic E-state index is 12.8. The molecule has 0 aromatic heterocycles. The van der Waals surface area contributed by atoms with Crippen molar-refractivity contribution in [1.82, 2.24) is 5.32 Å². The molecule has 0 heterocycles. The molecule has 0 aliphatic rings. The summed E-state index contributed by atoms with van der Waals surface area (Å²) in [7, 11) is -3.87. The van der Waals surface area contributed by atoms with Crippen LogP contribution in [0.25, 0.3) is 0 Å². The average Bonchev–Trinajstić information content (AvgIpc) is 2.54. The van der Waals surface area contributed by atoms with Crippen molar-refractivity contribution in [3.63, 3.8) is 0 Å². The second-order valence-electron chi connectivity index (χ2n) is 7.55. The lowest BCUT2D eigenvalue weighted by atomic mass is 10.1. The quantitative estimate of drug-likeness (QED) is 0.712. The van der Waals surface area contributed by atoms with Crippen molar-refractivity contribution in [3.8, 4) is 0 Å². The molecule has 0 spiro atoms. The molecule has 3 N–H and O–H groups in total. The number of aryl methyl sites for hydroxylation is 1. The number of carbonyl (C=O) groups excluding carboxylic acids is 2. The smallest absolute Gasteiger partial charge is 0.262 e. The number of nitrogens with one attached hydrogen (secondary N) is 3. The van der Waals surface area contributed by atoms with Crippen molar-refractivity contribution < 1.29 is 18.0 Å². The molecule has 0 aliphatic carbocycles. The predicted molar refractivity (Wildman–Crippen MR) is 110 cm³/mol. The summed E-state index contributed by atoms with van der Waals surface area (Å²) in [6.07, 6.45) is 0. The van der Waals surface area contributed by atoms with Crippen molar-refractivity contribution in [3.05, 3.63) is 53.6 Å². The molecule has 0 saturated carbocycles. The summed E-state index contributed by atoms with van der Waals surface area (Å²) in [5.41, 5.74) is 1.34. The van der Waals surface area contributed by atoms with E-state index in [1.54, 1.807) is 31.2 Å². The summed E-state index contributed by atoms with van der Waals surface area (Å²) in [4.78, 5) is 23.4. The summed E-state index contributed by atoms with van der Waals surface area (Å²) in [6.45, 7) is 8.66. The van der Waals surface area contributed by atoms with Crippen LogP contribution in [0.3, 0.4) is 0 Å². The molecule has 0 saturated heterocycles. The first-order valence-electron chi connectivity index (χ1n) is 8.71. The molecule has 2 amide bonds. The molecular formula is C20H25N3O4S. The van der Waals surface area contributed by atoms with Gasteiger partial charge in [0.15, 0.2) is 0 Å². The first-order chi connectivity index (χ1) is 12.9. The Morgan fingerprint density at radius 3 is 2.04 bits per heavy atom. The van der Waals surface area contributed by atoms with Crippen molar-refractivity contribution >= 4 is 33.2 Å². The van der Waals surface area contributed by atoms with Gasteiger partial charge in [0.05, 0.1) is 4.90 Å². The van der Waals surface area contributed by atoms with Crippen LogP contribution in [-0.4, -0.2) is 25.8 Å². The van der Waals surface area contributed by atoms with E-state index in [0.29, 0.717) is 22.5 Å². The van der Waals surface area contributed by atoms with Crippen molar-refractivity contribution in [2.24, 2.45) is 0 Å². The minimum atomic E-state index is -3.87. The topological polar surface area (TPSA) is 104 Å². The van der Waals surface area contributed by atoms with Crippen LogP contribution >= 0.6 is 0 Å². The molecule has 2 aromatic rings. The Kier molecular flexibility index (Phi) is 6.14. The highest BCUT2D eigenvalue weighted by atomic mass is 32.2. The molecule has 0 fully saturated rings. The monoisotopic (exact) mass is 403 g/mol. The normalized spacial score (nSPS) is 11.6. The van der Waals surface area contributed by atoms with Gasteiger partial charge in [0, 0.05) is 29.4 Å². The molecule has 7 nitrogen and oxygen atoms in total. The van der Waals surface area contributed by atoms with Crippen molar-refractivity contribution in [1.29, 1.82) is 0 Å². The van der Waals surface area contributed by atoms with Crippen LogP contribution in [0.1, 0.15) is 43.6 Å². The highest BCUT2D eigenvalue weighted by Crippen LogP contribution is 2.23. The number of hydrogen-bond donors (Lipinski definition) is 3. The number of anilines is 2. The molecule has 0 bridgehead atoms. The molecule has 2 aromatic carbocycles. The lowest BCUT2D eigenvalue weighted by Crippen LogP contribution is -2.40. The molecule has 28 heavy (non-hydrogen) atoms.